The molecule has 4 aromatic rings. The van der Waals surface area contributed by atoms with E-state index < -0.39 is 24.3 Å². The van der Waals surface area contributed by atoms with E-state index in [2.05, 4.69) is 16.9 Å². The van der Waals surface area contributed by atoms with Gasteiger partial charge in [0.05, 0.1) is 5.56 Å². The van der Waals surface area contributed by atoms with Crippen molar-refractivity contribution >= 4 is 11.5 Å². The minimum Gasteiger partial charge on any atom is -0.489 e. The summed E-state index contributed by atoms with van der Waals surface area (Å²) < 4.78 is 52.2. The van der Waals surface area contributed by atoms with Crippen LogP contribution in [0.3, 0.4) is 0 Å². The van der Waals surface area contributed by atoms with Crippen LogP contribution in [0.15, 0.2) is 91.3 Å². The van der Waals surface area contributed by atoms with Gasteiger partial charge in [-0.3, -0.25) is 4.68 Å². The molecule has 0 atom stereocenters. The van der Waals surface area contributed by atoms with Crippen molar-refractivity contribution in [2.75, 3.05) is 13.2 Å². The molecule has 0 bridgehead atoms. The summed E-state index contributed by atoms with van der Waals surface area (Å²) in [6.07, 6.45) is 0.873. The van der Waals surface area contributed by atoms with Crippen LogP contribution in [0.2, 0.25) is 0 Å². The van der Waals surface area contributed by atoms with Gasteiger partial charge >= 0.3 is 12.1 Å². The van der Waals surface area contributed by atoms with Crippen molar-refractivity contribution in [1.82, 2.24) is 9.78 Å². The van der Waals surface area contributed by atoms with Crippen molar-refractivity contribution in [3.8, 4) is 23.3 Å². The summed E-state index contributed by atoms with van der Waals surface area (Å²) in [7, 11) is 0. The molecule has 0 amide bonds. The third-order valence-electron chi connectivity index (χ3n) is 5.79. The predicted molar refractivity (Wildman–Crippen MR) is 144 cm³/mol. The van der Waals surface area contributed by atoms with Crippen molar-refractivity contribution in [2.45, 2.75) is 19.6 Å². The fourth-order valence-corrected chi connectivity index (χ4v) is 3.83. The van der Waals surface area contributed by atoms with Gasteiger partial charge in [0, 0.05) is 18.0 Å². The molecule has 3 aromatic carbocycles. The molecular weight excluding hydrogens is 521 g/mol. The van der Waals surface area contributed by atoms with E-state index in [1.807, 2.05) is 36.5 Å². The lowest BCUT2D eigenvalue weighted by Crippen LogP contribution is -2.10. The smallest absolute Gasteiger partial charge is 0.416 e. The van der Waals surface area contributed by atoms with Gasteiger partial charge in [-0.2, -0.15) is 18.3 Å². The molecule has 0 fully saturated rings. The number of aromatic nitrogens is 2. The molecule has 0 aliphatic carbocycles. The van der Waals surface area contributed by atoms with E-state index >= 15 is 0 Å². The number of aryl methyl sites for hydroxylation is 1. The van der Waals surface area contributed by atoms with Crippen LogP contribution >= 0.6 is 0 Å². The van der Waals surface area contributed by atoms with Gasteiger partial charge in [-0.05, 0) is 83.8 Å². The second-order valence-electron chi connectivity index (χ2n) is 8.70. The van der Waals surface area contributed by atoms with E-state index in [1.54, 1.807) is 42.1 Å². The predicted octanol–water partition coefficient (Wildman–Crippen LogP) is 6.24. The van der Waals surface area contributed by atoms with Crippen LogP contribution in [-0.4, -0.2) is 34.1 Å². The lowest BCUT2D eigenvalue weighted by Gasteiger charge is -2.13. The number of hydrogen-bond acceptors (Lipinski definition) is 4. The molecule has 9 heteroatoms. The normalized spacial score (nSPS) is 11.4. The molecular formula is C31H25F3N2O4. The average molecular weight is 547 g/mol. The van der Waals surface area contributed by atoms with Crippen LogP contribution in [0.25, 0.3) is 5.57 Å². The number of hydrogen-bond donors (Lipinski definition) is 1. The number of rotatable bonds is 9. The van der Waals surface area contributed by atoms with Crippen molar-refractivity contribution in [1.29, 1.82) is 0 Å². The molecule has 0 aliphatic rings. The van der Waals surface area contributed by atoms with Crippen LogP contribution < -0.4 is 9.47 Å². The Bertz CT molecular complexity index is 1530. The van der Waals surface area contributed by atoms with Crippen LogP contribution in [0.5, 0.6) is 11.5 Å². The molecule has 1 N–H and O–H groups in total. The van der Waals surface area contributed by atoms with Crippen molar-refractivity contribution in [3.63, 3.8) is 0 Å². The fraction of sp³-hybridized carbons (Fsp3) is 0.161. The van der Waals surface area contributed by atoms with E-state index in [0.29, 0.717) is 34.7 Å². The molecule has 0 saturated heterocycles. The van der Waals surface area contributed by atoms with Crippen LogP contribution in [0.4, 0.5) is 13.2 Å². The Balaban J connectivity index is 1.54. The highest BCUT2D eigenvalue weighted by Crippen LogP contribution is 2.32. The highest BCUT2D eigenvalue weighted by Gasteiger charge is 2.30. The molecule has 0 aliphatic heterocycles. The van der Waals surface area contributed by atoms with Gasteiger partial charge in [-0.25, -0.2) is 4.79 Å². The fourth-order valence-electron chi connectivity index (χ4n) is 3.83. The topological polar surface area (TPSA) is 73.6 Å². The molecule has 1 aromatic heterocycles. The first-order valence-corrected chi connectivity index (χ1v) is 12.2. The summed E-state index contributed by atoms with van der Waals surface area (Å²) in [5.41, 5.74) is 2.85. The lowest BCUT2D eigenvalue weighted by molar-refractivity contribution is -0.139. The largest absolute Gasteiger partial charge is 0.489 e. The Morgan fingerprint density at radius 3 is 2.33 bits per heavy atom. The third-order valence-corrected chi connectivity index (χ3v) is 5.79. The number of halogens is 3. The van der Waals surface area contributed by atoms with Gasteiger partial charge in [0.1, 0.15) is 24.7 Å². The van der Waals surface area contributed by atoms with Crippen LogP contribution in [0, 0.1) is 18.8 Å². The maximum absolute atomic E-state index is 13.1. The van der Waals surface area contributed by atoms with E-state index in [4.69, 9.17) is 14.6 Å². The lowest BCUT2D eigenvalue weighted by atomic mass is 9.96. The van der Waals surface area contributed by atoms with E-state index in [0.717, 1.165) is 23.3 Å². The number of carboxylic acids is 1. The number of alkyl halides is 3. The second kappa shape index (κ2) is 12.7. The van der Waals surface area contributed by atoms with Crippen molar-refractivity contribution in [2.24, 2.45) is 0 Å². The maximum atomic E-state index is 13.1. The zero-order valence-corrected chi connectivity index (χ0v) is 21.5. The minimum atomic E-state index is -4.43. The first kappa shape index (κ1) is 28.0. The Kier molecular flexibility index (Phi) is 8.92. The van der Waals surface area contributed by atoms with E-state index in [9.17, 15) is 18.0 Å². The standard InChI is InChI=1S/C31H25F3N2O4/c1-22-20-27(13-14-29(22)40-21-30(37)38)39-19-15-28(25-9-11-26(12-10-25)31(32,33)34)24-7-5-23(6-8-24)4-2-17-36-18-3-16-35-36/h3,5-16,18,20H,17,19,21H2,1H3,(H,37,38)/b28-15+. The minimum absolute atomic E-state index is 0.135. The number of aliphatic carboxylic acids is 1. The molecule has 0 spiro atoms. The quantitative estimate of drug-likeness (QED) is 0.252. The first-order valence-electron chi connectivity index (χ1n) is 12.2. The summed E-state index contributed by atoms with van der Waals surface area (Å²) in [6, 6.07) is 19.2. The summed E-state index contributed by atoms with van der Waals surface area (Å²) in [6.45, 7) is 1.91. The number of carbonyl (C=O) groups is 1. The molecule has 0 saturated carbocycles. The number of nitrogens with zero attached hydrogens (tertiary/aromatic N) is 2. The van der Waals surface area contributed by atoms with Gasteiger partial charge in [0.25, 0.3) is 0 Å². The van der Waals surface area contributed by atoms with Crippen LogP contribution in [0.1, 0.15) is 27.8 Å². The summed E-state index contributed by atoms with van der Waals surface area (Å²) in [5.74, 6) is 6.02. The van der Waals surface area contributed by atoms with Gasteiger partial charge < -0.3 is 14.6 Å². The van der Waals surface area contributed by atoms with Gasteiger partial charge in [-0.1, -0.05) is 36.1 Å². The van der Waals surface area contributed by atoms with Crippen molar-refractivity contribution < 1.29 is 32.5 Å². The summed E-state index contributed by atoms with van der Waals surface area (Å²) in [4.78, 5) is 10.7. The zero-order valence-electron chi connectivity index (χ0n) is 21.5. The van der Waals surface area contributed by atoms with Gasteiger partial charge in [0.2, 0.25) is 0 Å². The Labute approximate surface area is 229 Å². The van der Waals surface area contributed by atoms with Crippen LogP contribution in [-0.2, 0) is 17.5 Å². The number of benzene rings is 3. The SMILES string of the molecule is Cc1cc(OC/C=C(\c2ccc(C#CCn3cccn3)cc2)c2ccc(C(F)(F)F)cc2)ccc1OCC(=O)O. The molecule has 0 radical (unpaired) electrons. The Hall–Kier alpha value is -4.97. The molecule has 4 rings (SSSR count). The summed E-state index contributed by atoms with van der Waals surface area (Å²) >= 11 is 0. The number of carboxylic acid groups (broad SMARTS) is 1. The first-order chi connectivity index (χ1) is 19.2. The molecule has 6 nitrogen and oxygen atoms in total. The average Bonchev–Trinajstić information content (AvgIpc) is 3.44. The Morgan fingerprint density at radius 2 is 1.73 bits per heavy atom. The van der Waals surface area contributed by atoms with E-state index in [-0.39, 0.29) is 6.61 Å². The summed E-state index contributed by atoms with van der Waals surface area (Å²) in [5, 5.41) is 12.9. The van der Waals surface area contributed by atoms with E-state index in [1.165, 1.54) is 12.1 Å². The van der Waals surface area contributed by atoms with Crippen molar-refractivity contribution in [3.05, 3.63) is 119 Å². The molecule has 1 heterocycles. The van der Waals surface area contributed by atoms with Gasteiger partial charge in [0.15, 0.2) is 6.61 Å². The number of ether oxygens (including phenoxy) is 2. The highest BCUT2D eigenvalue weighted by atomic mass is 19.4. The monoisotopic (exact) mass is 546 g/mol. The zero-order chi connectivity index (χ0) is 28.5. The molecule has 40 heavy (non-hydrogen) atoms. The molecule has 204 valence electrons. The Morgan fingerprint density at radius 1 is 1.02 bits per heavy atom. The maximum Gasteiger partial charge on any atom is 0.416 e. The van der Waals surface area contributed by atoms with Gasteiger partial charge in [-0.15, -0.1) is 0 Å². The highest BCUT2D eigenvalue weighted by molar-refractivity contribution is 5.80. The third kappa shape index (κ3) is 7.77. The second-order valence-corrected chi connectivity index (χ2v) is 8.70. The molecule has 0 unspecified atom stereocenters.